The van der Waals surface area contributed by atoms with Crippen molar-refractivity contribution in [3.63, 3.8) is 0 Å². The Morgan fingerprint density at radius 1 is 1.47 bits per heavy atom. The Labute approximate surface area is 97.9 Å². The molecule has 1 aromatic carbocycles. The molecule has 0 aliphatic carbocycles. The third-order valence-electron chi connectivity index (χ3n) is 2.06. The Morgan fingerprint density at radius 3 is 2.67 bits per heavy atom. The first-order valence-corrected chi connectivity index (χ1v) is 5.80. The smallest absolute Gasteiger partial charge is 0.230 e. The largest absolute Gasteiger partial charge is 0.375 e. The maximum absolute atomic E-state index is 11.0. The second-order valence-electron chi connectivity index (χ2n) is 3.07. The number of halogens is 1. The van der Waals surface area contributed by atoms with Gasteiger partial charge in [0.15, 0.2) is 0 Å². The lowest BCUT2D eigenvalue weighted by Crippen LogP contribution is -2.29. The van der Waals surface area contributed by atoms with E-state index in [1.165, 1.54) is 0 Å². The molecule has 0 spiro atoms. The van der Waals surface area contributed by atoms with Gasteiger partial charge in [0.2, 0.25) is 5.91 Å². The van der Waals surface area contributed by atoms with Gasteiger partial charge in [-0.15, -0.1) is 0 Å². The molecule has 1 aromatic rings. The SMILES string of the molecule is CO[C@H](CNC(=O)CBr)c1ccccc1. The van der Waals surface area contributed by atoms with E-state index in [2.05, 4.69) is 21.2 Å². The molecule has 0 fully saturated rings. The van der Waals surface area contributed by atoms with E-state index in [9.17, 15) is 4.79 Å². The summed E-state index contributed by atoms with van der Waals surface area (Å²) < 4.78 is 5.30. The van der Waals surface area contributed by atoms with Crippen molar-refractivity contribution in [1.82, 2.24) is 5.32 Å². The molecule has 0 unspecified atom stereocenters. The number of carbonyl (C=O) groups excluding carboxylic acids is 1. The van der Waals surface area contributed by atoms with E-state index in [4.69, 9.17) is 4.74 Å². The molecule has 0 saturated carbocycles. The lowest BCUT2D eigenvalue weighted by atomic mass is 10.1. The van der Waals surface area contributed by atoms with E-state index in [1.807, 2.05) is 30.3 Å². The number of benzene rings is 1. The molecule has 3 nitrogen and oxygen atoms in total. The Kier molecular flexibility index (Phi) is 5.36. The minimum Gasteiger partial charge on any atom is -0.375 e. The third-order valence-corrected chi connectivity index (χ3v) is 2.57. The second kappa shape index (κ2) is 6.58. The Hall–Kier alpha value is -0.870. The predicted molar refractivity (Wildman–Crippen MR) is 63.0 cm³/mol. The average molecular weight is 272 g/mol. The fraction of sp³-hybridized carbons (Fsp3) is 0.364. The number of amides is 1. The van der Waals surface area contributed by atoms with Gasteiger partial charge in [0, 0.05) is 13.7 Å². The van der Waals surface area contributed by atoms with Crippen LogP contribution in [0, 0.1) is 0 Å². The van der Waals surface area contributed by atoms with Crippen LogP contribution in [0.5, 0.6) is 0 Å². The number of carbonyl (C=O) groups is 1. The summed E-state index contributed by atoms with van der Waals surface area (Å²) in [6.07, 6.45) is -0.0887. The molecule has 0 aliphatic heterocycles. The number of alkyl halides is 1. The molecule has 1 amide bonds. The molecule has 0 bridgehead atoms. The third kappa shape index (κ3) is 4.01. The molecular formula is C11H14BrNO2. The Morgan fingerprint density at radius 2 is 2.13 bits per heavy atom. The summed E-state index contributed by atoms with van der Waals surface area (Å²) in [5.74, 6) is -0.0343. The summed E-state index contributed by atoms with van der Waals surface area (Å²) >= 11 is 3.09. The summed E-state index contributed by atoms with van der Waals surface area (Å²) in [6.45, 7) is 0.491. The maximum atomic E-state index is 11.0. The molecule has 0 aliphatic rings. The molecule has 15 heavy (non-hydrogen) atoms. The van der Waals surface area contributed by atoms with Crippen molar-refractivity contribution in [3.05, 3.63) is 35.9 Å². The van der Waals surface area contributed by atoms with E-state index in [0.29, 0.717) is 11.9 Å². The van der Waals surface area contributed by atoms with Gasteiger partial charge in [-0.05, 0) is 5.56 Å². The number of rotatable bonds is 5. The molecule has 0 heterocycles. The van der Waals surface area contributed by atoms with Crippen LogP contribution in [-0.4, -0.2) is 24.9 Å². The van der Waals surface area contributed by atoms with Gasteiger partial charge in [0.25, 0.3) is 0 Å². The zero-order valence-electron chi connectivity index (χ0n) is 8.57. The quantitative estimate of drug-likeness (QED) is 0.831. The van der Waals surface area contributed by atoms with Crippen LogP contribution in [0.25, 0.3) is 0 Å². The van der Waals surface area contributed by atoms with Crippen molar-refractivity contribution >= 4 is 21.8 Å². The van der Waals surface area contributed by atoms with Gasteiger partial charge in [-0.3, -0.25) is 4.79 Å². The fourth-order valence-electron chi connectivity index (χ4n) is 1.26. The zero-order chi connectivity index (χ0) is 11.1. The van der Waals surface area contributed by atoms with Crippen molar-refractivity contribution in [1.29, 1.82) is 0 Å². The van der Waals surface area contributed by atoms with Crippen LogP contribution in [0.3, 0.4) is 0 Å². The van der Waals surface area contributed by atoms with Gasteiger partial charge >= 0.3 is 0 Å². The van der Waals surface area contributed by atoms with E-state index in [1.54, 1.807) is 7.11 Å². The van der Waals surface area contributed by atoms with Crippen molar-refractivity contribution in [2.75, 3.05) is 19.0 Å². The van der Waals surface area contributed by atoms with Gasteiger partial charge in [0.1, 0.15) is 0 Å². The molecular weight excluding hydrogens is 258 g/mol. The van der Waals surface area contributed by atoms with Crippen molar-refractivity contribution < 1.29 is 9.53 Å². The van der Waals surface area contributed by atoms with Gasteiger partial charge in [-0.1, -0.05) is 46.3 Å². The highest BCUT2D eigenvalue weighted by molar-refractivity contribution is 9.09. The highest BCUT2D eigenvalue weighted by Crippen LogP contribution is 2.14. The minimum atomic E-state index is -0.0887. The molecule has 0 saturated heterocycles. The van der Waals surface area contributed by atoms with Gasteiger partial charge < -0.3 is 10.1 Å². The first-order valence-electron chi connectivity index (χ1n) is 4.68. The van der Waals surface area contributed by atoms with Gasteiger partial charge in [-0.25, -0.2) is 0 Å². The normalized spacial score (nSPS) is 12.1. The molecule has 0 radical (unpaired) electrons. The van der Waals surface area contributed by atoms with E-state index < -0.39 is 0 Å². The first kappa shape index (κ1) is 12.2. The maximum Gasteiger partial charge on any atom is 0.230 e. The van der Waals surface area contributed by atoms with Crippen LogP contribution in [0.4, 0.5) is 0 Å². The highest BCUT2D eigenvalue weighted by Gasteiger charge is 2.10. The number of ether oxygens (including phenoxy) is 1. The minimum absolute atomic E-state index is 0.0343. The predicted octanol–water partition coefficient (Wildman–Crippen LogP) is 1.89. The van der Waals surface area contributed by atoms with Crippen molar-refractivity contribution in [2.45, 2.75) is 6.10 Å². The molecule has 1 N–H and O–H groups in total. The molecule has 0 aromatic heterocycles. The number of hydrogen-bond acceptors (Lipinski definition) is 2. The summed E-state index contributed by atoms with van der Waals surface area (Å²) in [5, 5.41) is 3.09. The zero-order valence-corrected chi connectivity index (χ0v) is 10.2. The van der Waals surface area contributed by atoms with Gasteiger partial charge in [0.05, 0.1) is 11.4 Å². The number of nitrogens with one attached hydrogen (secondary N) is 1. The summed E-state index contributed by atoms with van der Waals surface area (Å²) in [4.78, 5) is 11.0. The van der Waals surface area contributed by atoms with Crippen LogP contribution >= 0.6 is 15.9 Å². The number of methoxy groups -OCH3 is 1. The molecule has 1 rings (SSSR count). The van der Waals surface area contributed by atoms with Crippen LogP contribution in [0.15, 0.2) is 30.3 Å². The van der Waals surface area contributed by atoms with Gasteiger partial charge in [-0.2, -0.15) is 0 Å². The molecule has 82 valence electrons. The molecule has 1 atom stereocenters. The highest BCUT2D eigenvalue weighted by atomic mass is 79.9. The van der Waals surface area contributed by atoms with E-state index in [0.717, 1.165) is 5.56 Å². The standard InChI is InChI=1S/C11H14BrNO2/c1-15-10(8-13-11(14)7-12)9-5-3-2-4-6-9/h2-6,10H,7-8H2,1H3,(H,13,14)/t10-/m1/s1. The van der Waals surface area contributed by atoms with Crippen LogP contribution < -0.4 is 5.32 Å². The molecule has 4 heteroatoms. The lowest BCUT2D eigenvalue weighted by Gasteiger charge is -2.15. The van der Waals surface area contributed by atoms with E-state index in [-0.39, 0.29) is 12.0 Å². The second-order valence-corrected chi connectivity index (χ2v) is 3.63. The average Bonchev–Trinajstić information content (AvgIpc) is 2.31. The first-order chi connectivity index (χ1) is 7.27. The van der Waals surface area contributed by atoms with Crippen LogP contribution in [-0.2, 0) is 9.53 Å². The lowest BCUT2D eigenvalue weighted by molar-refractivity contribution is -0.119. The monoisotopic (exact) mass is 271 g/mol. The van der Waals surface area contributed by atoms with E-state index >= 15 is 0 Å². The van der Waals surface area contributed by atoms with Crippen molar-refractivity contribution in [2.24, 2.45) is 0 Å². The van der Waals surface area contributed by atoms with Crippen LogP contribution in [0.1, 0.15) is 11.7 Å². The number of hydrogen-bond donors (Lipinski definition) is 1. The van der Waals surface area contributed by atoms with Crippen molar-refractivity contribution in [3.8, 4) is 0 Å². The summed E-state index contributed by atoms with van der Waals surface area (Å²) in [7, 11) is 1.64. The Balaban J connectivity index is 2.53. The topological polar surface area (TPSA) is 38.3 Å². The fourth-order valence-corrected chi connectivity index (χ4v) is 1.46. The summed E-state index contributed by atoms with van der Waals surface area (Å²) in [6, 6.07) is 9.82. The Bertz CT molecular complexity index is 303. The van der Waals surface area contributed by atoms with Crippen LogP contribution in [0.2, 0.25) is 0 Å². The summed E-state index contributed by atoms with van der Waals surface area (Å²) in [5.41, 5.74) is 1.06.